The number of nitrogens with two attached hydrogens (primary N) is 1. The van der Waals surface area contributed by atoms with Gasteiger partial charge in [-0.1, -0.05) is 13.0 Å². The monoisotopic (exact) mass is 488 g/mol. The first-order valence-electron chi connectivity index (χ1n) is 8.53. The van der Waals surface area contributed by atoms with Gasteiger partial charge in [-0.3, -0.25) is 0 Å². The second-order valence-corrected chi connectivity index (χ2v) is 6.69. The number of halogens is 1. The number of thiazole rings is 1. The van der Waals surface area contributed by atoms with Crippen LogP contribution in [-0.2, 0) is 6.54 Å². The summed E-state index contributed by atoms with van der Waals surface area (Å²) in [6.07, 6.45) is 4.61. The summed E-state index contributed by atoms with van der Waals surface area (Å²) in [5.41, 5.74) is 7.18. The van der Waals surface area contributed by atoms with E-state index in [2.05, 4.69) is 31.7 Å². The molecule has 0 spiro atoms. The highest BCUT2D eigenvalue weighted by atomic mass is 127. The lowest BCUT2D eigenvalue weighted by atomic mass is 10.3. The zero-order valence-electron chi connectivity index (χ0n) is 14.9. The molecule has 3 heterocycles. The van der Waals surface area contributed by atoms with Crippen molar-refractivity contribution in [3.05, 3.63) is 35.5 Å². The summed E-state index contributed by atoms with van der Waals surface area (Å²) in [5.74, 6) is 1.24. The third-order valence-electron chi connectivity index (χ3n) is 3.97. The van der Waals surface area contributed by atoms with Gasteiger partial charge in [-0.2, -0.15) is 0 Å². The topological polar surface area (TPSA) is 79.9 Å². The zero-order chi connectivity index (χ0) is 17.5. The zero-order valence-corrected chi connectivity index (χ0v) is 18.0. The molecule has 0 bridgehead atoms. The van der Waals surface area contributed by atoms with Crippen LogP contribution in [0.15, 0.2) is 34.9 Å². The van der Waals surface area contributed by atoms with Crippen LogP contribution in [0.2, 0.25) is 0 Å². The Balaban J connectivity index is 0.00000243. The highest BCUT2D eigenvalue weighted by Crippen LogP contribution is 2.18. The van der Waals surface area contributed by atoms with Gasteiger partial charge in [0.15, 0.2) is 11.1 Å². The second kappa shape index (κ2) is 10.5. The molecule has 0 atom stereocenters. The highest BCUT2D eigenvalue weighted by Gasteiger charge is 2.19. The molecule has 1 saturated heterocycles. The Morgan fingerprint density at radius 1 is 1.27 bits per heavy atom. The Morgan fingerprint density at radius 2 is 2.08 bits per heavy atom. The van der Waals surface area contributed by atoms with Gasteiger partial charge >= 0.3 is 0 Å². The van der Waals surface area contributed by atoms with Crippen molar-refractivity contribution < 1.29 is 4.74 Å². The standard InChI is InChI=1S/C17H24N6OS.HI/c1-2-10-24-15-4-3-14(12-20-15)13-21-16(18)22-6-8-23(9-7-22)17-19-5-11-25-17;/h3-5,11-12H,2,6-10,13H2,1H3,(H2,18,21);1H. The molecule has 1 fully saturated rings. The SMILES string of the molecule is CCCOc1ccc(CN=C(N)N2CCN(c3nccs3)CC2)cn1.I. The van der Waals surface area contributed by atoms with Gasteiger partial charge in [0.1, 0.15) is 0 Å². The number of anilines is 1. The van der Waals surface area contributed by atoms with Crippen molar-refractivity contribution in [2.24, 2.45) is 10.7 Å². The van der Waals surface area contributed by atoms with E-state index in [-0.39, 0.29) is 24.0 Å². The smallest absolute Gasteiger partial charge is 0.213 e. The van der Waals surface area contributed by atoms with Gasteiger partial charge in [-0.05, 0) is 12.0 Å². The van der Waals surface area contributed by atoms with E-state index >= 15 is 0 Å². The van der Waals surface area contributed by atoms with E-state index in [4.69, 9.17) is 10.5 Å². The van der Waals surface area contributed by atoms with Gasteiger partial charge in [-0.15, -0.1) is 35.3 Å². The van der Waals surface area contributed by atoms with Crippen LogP contribution in [-0.4, -0.2) is 53.6 Å². The quantitative estimate of drug-likeness (QED) is 0.383. The van der Waals surface area contributed by atoms with Crippen LogP contribution >= 0.6 is 35.3 Å². The molecule has 3 rings (SSSR count). The van der Waals surface area contributed by atoms with E-state index < -0.39 is 0 Å². The lowest BCUT2D eigenvalue weighted by Gasteiger charge is -2.35. The Kier molecular flexibility index (Phi) is 8.36. The van der Waals surface area contributed by atoms with Gasteiger partial charge in [0.2, 0.25) is 5.88 Å². The molecule has 1 aliphatic rings. The molecular formula is C17H25IN6OS. The van der Waals surface area contributed by atoms with Gasteiger partial charge in [0, 0.05) is 50.0 Å². The largest absolute Gasteiger partial charge is 0.478 e. The number of ether oxygens (including phenoxy) is 1. The molecule has 0 aromatic carbocycles. The van der Waals surface area contributed by atoms with Crippen molar-refractivity contribution in [3.8, 4) is 5.88 Å². The summed E-state index contributed by atoms with van der Waals surface area (Å²) in [6.45, 7) is 6.82. The minimum Gasteiger partial charge on any atom is -0.478 e. The molecule has 0 aliphatic carbocycles. The molecule has 0 radical (unpaired) electrons. The van der Waals surface area contributed by atoms with Crippen LogP contribution in [0, 0.1) is 0 Å². The first kappa shape index (κ1) is 20.7. The fourth-order valence-electron chi connectivity index (χ4n) is 2.57. The van der Waals surface area contributed by atoms with Gasteiger partial charge < -0.3 is 20.3 Å². The van der Waals surface area contributed by atoms with Gasteiger partial charge in [-0.25, -0.2) is 15.0 Å². The summed E-state index contributed by atoms with van der Waals surface area (Å²) in [5, 5.41) is 3.08. The number of aliphatic imine (C=N–C) groups is 1. The minimum absolute atomic E-state index is 0. The Bertz CT molecular complexity index is 671. The maximum atomic E-state index is 6.16. The first-order valence-corrected chi connectivity index (χ1v) is 9.41. The predicted octanol–water partition coefficient (Wildman–Crippen LogP) is 2.58. The van der Waals surface area contributed by atoms with Gasteiger partial charge in [0.05, 0.1) is 13.2 Å². The lowest BCUT2D eigenvalue weighted by Crippen LogP contribution is -2.51. The van der Waals surface area contributed by atoms with E-state index in [1.807, 2.05) is 23.7 Å². The molecule has 0 saturated carbocycles. The lowest BCUT2D eigenvalue weighted by molar-refractivity contribution is 0.305. The molecule has 7 nitrogen and oxygen atoms in total. The summed E-state index contributed by atoms with van der Waals surface area (Å²) < 4.78 is 5.48. The Labute approximate surface area is 175 Å². The molecule has 0 amide bonds. The van der Waals surface area contributed by atoms with Crippen LogP contribution in [0.25, 0.3) is 0 Å². The van der Waals surface area contributed by atoms with Crippen LogP contribution in [0.3, 0.4) is 0 Å². The Morgan fingerprint density at radius 3 is 2.69 bits per heavy atom. The summed E-state index contributed by atoms with van der Waals surface area (Å²) in [7, 11) is 0. The number of nitrogens with zero attached hydrogens (tertiary/aromatic N) is 5. The Hall–Kier alpha value is -1.62. The normalized spacial score (nSPS) is 14.9. The maximum Gasteiger partial charge on any atom is 0.213 e. The highest BCUT2D eigenvalue weighted by molar-refractivity contribution is 14.0. The molecule has 9 heteroatoms. The van der Waals surface area contributed by atoms with E-state index in [1.54, 1.807) is 17.5 Å². The fraction of sp³-hybridized carbons (Fsp3) is 0.471. The average Bonchev–Trinajstić information content (AvgIpc) is 3.20. The molecule has 2 N–H and O–H groups in total. The van der Waals surface area contributed by atoms with Crippen LogP contribution in [0.5, 0.6) is 5.88 Å². The number of aromatic nitrogens is 2. The van der Waals surface area contributed by atoms with Crippen molar-refractivity contribution in [1.82, 2.24) is 14.9 Å². The third-order valence-corrected chi connectivity index (χ3v) is 4.80. The molecule has 2 aromatic rings. The molecule has 26 heavy (non-hydrogen) atoms. The van der Waals surface area contributed by atoms with E-state index in [1.165, 1.54) is 0 Å². The van der Waals surface area contributed by atoms with Crippen molar-refractivity contribution in [2.45, 2.75) is 19.9 Å². The van der Waals surface area contributed by atoms with Crippen LogP contribution in [0.1, 0.15) is 18.9 Å². The molecule has 142 valence electrons. The molecule has 0 unspecified atom stereocenters. The number of hydrogen-bond donors (Lipinski definition) is 1. The number of rotatable bonds is 6. The van der Waals surface area contributed by atoms with Crippen molar-refractivity contribution in [1.29, 1.82) is 0 Å². The number of piperazine rings is 1. The van der Waals surface area contributed by atoms with Crippen LogP contribution < -0.4 is 15.4 Å². The molecular weight excluding hydrogens is 463 g/mol. The second-order valence-electron chi connectivity index (χ2n) is 5.82. The average molecular weight is 488 g/mol. The molecule has 1 aliphatic heterocycles. The van der Waals surface area contributed by atoms with Crippen molar-refractivity contribution in [3.63, 3.8) is 0 Å². The fourth-order valence-corrected chi connectivity index (χ4v) is 3.26. The number of pyridine rings is 1. The van der Waals surface area contributed by atoms with Crippen LogP contribution in [0.4, 0.5) is 5.13 Å². The number of hydrogen-bond acceptors (Lipinski definition) is 6. The summed E-state index contributed by atoms with van der Waals surface area (Å²) in [4.78, 5) is 17.6. The minimum atomic E-state index is 0. The van der Waals surface area contributed by atoms with Gasteiger partial charge in [0.25, 0.3) is 0 Å². The van der Waals surface area contributed by atoms with E-state index in [0.717, 1.165) is 43.3 Å². The van der Waals surface area contributed by atoms with E-state index in [9.17, 15) is 0 Å². The maximum absolute atomic E-state index is 6.16. The number of guanidine groups is 1. The third kappa shape index (κ3) is 5.70. The predicted molar refractivity (Wildman–Crippen MR) is 117 cm³/mol. The molecule has 2 aromatic heterocycles. The van der Waals surface area contributed by atoms with Crippen molar-refractivity contribution in [2.75, 3.05) is 37.7 Å². The van der Waals surface area contributed by atoms with E-state index in [0.29, 0.717) is 25.0 Å². The summed E-state index contributed by atoms with van der Waals surface area (Å²) >= 11 is 1.67. The first-order chi connectivity index (χ1) is 12.3. The van der Waals surface area contributed by atoms with Crippen molar-refractivity contribution >= 4 is 46.4 Å². The summed E-state index contributed by atoms with van der Waals surface area (Å²) in [6, 6.07) is 3.86.